The molecule has 4 aliphatic carbocycles. The molecular weight excluding hydrogens is 338 g/mol. The van der Waals surface area contributed by atoms with Crippen molar-refractivity contribution in [2.75, 3.05) is 6.61 Å². The Morgan fingerprint density at radius 1 is 1.30 bits per heavy atom. The summed E-state index contributed by atoms with van der Waals surface area (Å²) in [7, 11) is 0. The van der Waals surface area contributed by atoms with Crippen molar-refractivity contribution in [1.82, 2.24) is 0 Å². The average molecular weight is 372 g/mol. The zero-order chi connectivity index (χ0) is 19.2. The number of aliphatic hydroxyl groups is 1. The zero-order valence-corrected chi connectivity index (χ0v) is 16.6. The van der Waals surface area contributed by atoms with E-state index in [1.807, 2.05) is 18.2 Å². The summed E-state index contributed by atoms with van der Waals surface area (Å²) in [5, 5.41) is 10.1. The topological polar surface area (TPSA) is 72.5 Å². The third-order valence-corrected chi connectivity index (χ3v) is 7.42. The number of ether oxygens (including phenoxy) is 1. The molecule has 27 heavy (non-hydrogen) atoms. The fourth-order valence-electron chi connectivity index (χ4n) is 6.75. The van der Waals surface area contributed by atoms with Gasteiger partial charge in [-0.1, -0.05) is 19.4 Å². The minimum atomic E-state index is -0.357. The molecule has 0 heterocycles. The maximum atomic E-state index is 12.3. The number of rotatable bonds is 7. The van der Waals surface area contributed by atoms with Gasteiger partial charge >= 0.3 is 0 Å². The van der Waals surface area contributed by atoms with E-state index in [9.17, 15) is 9.90 Å². The summed E-state index contributed by atoms with van der Waals surface area (Å²) in [6, 6.07) is 5.77. The number of amides is 1. The number of nitrogens with two attached hydrogens (primary N) is 1. The number of hydrogen-bond donors (Lipinski definition) is 2. The van der Waals surface area contributed by atoms with E-state index < -0.39 is 0 Å². The molecule has 0 aliphatic heterocycles. The Hall–Kier alpha value is -1.55. The van der Waals surface area contributed by atoms with E-state index in [2.05, 4.69) is 13.8 Å². The second-order valence-electron chi connectivity index (χ2n) is 9.45. The molecule has 1 amide bonds. The summed E-state index contributed by atoms with van der Waals surface area (Å²) in [5.41, 5.74) is 7.58. The van der Waals surface area contributed by atoms with Crippen molar-refractivity contribution in [3.05, 3.63) is 29.3 Å². The van der Waals surface area contributed by atoms with Crippen LogP contribution in [0.1, 0.15) is 80.6 Å². The number of benzene rings is 1. The van der Waals surface area contributed by atoms with Gasteiger partial charge in [0.15, 0.2) is 0 Å². The van der Waals surface area contributed by atoms with Crippen LogP contribution in [-0.4, -0.2) is 23.7 Å². The highest BCUT2D eigenvalue weighted by molar-refractivity contribution is 5.95. The standard InChI is InChI=1S/C23H33NO3/c1-3-5-14(2)27-19-7-4-6-18(22(24)26)21(19)20-16-8-15-9-17(20)12-23(10-15,11-16)13-25/h4,6-7,14-17,20,25H,3,5,8-13H2,1-2H3,(H2,24,26). The van der Waals surface area contributed by atoms with Gasteiger partial charge in [0.1, 0.15) is 5.75 Å². The quantitative estimate of drug-likeness (QED) is 0.752. The molecule has 4 fully saturated rings. The van der Waals surface area contributed by atoms with Crippen molar-refractivity contribution < 1.29 is 14.6 Å². The van der Waals surface area contributed by atoms with Gasteiger partial charge in [0.2, 0.25) is 5.91 Å². The highest BCUT2D eigenvalue weighted by atomic mass is 16.5. The average Bonchev–Trinajstić information content (AvgIpc) is 2.62. The van der Waals surface area contributed by atoms with Gasteiger partial charge in [0, 0.05) is 17.7 Å². The lowest BCUT2D eigenvalue weighted by molar-refractivity contribution is -0.0941. The molecule has 1 aromatic rings. The van der Waals surface area contributed by atoms with E-state index >= 15 is 0 Å². The lowest BCUT2D eigenvalue weighted by atomic mass is 9.45. The van der Waals surface area contributed by atoms with Crippen LogP contribution in [0.2, 0.25) is 0 Å². The van der Waals surface area contributed by atoms with Crippen LogP contribution in [0, 0.1) is 23.2 Å². The molecule has 3 N–H and O–H groups in total. The lowest BCUT2D eigenvalue weighted by Gasteiger charge is -2.60. The van der Waals surface area contributed by atoms with Crippen LogP contribution in [0.3, 0.4) is 0 Å². The van der Waals surface area contributed by atoms with E-state index in [1.54, 1.807) is 0 Å². The van der Waals surface area contributed by atoms with Crippen molar-refractivity contribution in [3.63, 3.8) is 0 Å². The van der Waals surface area contributed by atoms with Crippen molar-refractivity contribution in [2.24, 2.45) is 28.9 Å². The Balaban J connectivity index is 1.73. The van der Waals surface area contributed by atoms with E-state index in [-0.39, 0.29) is 17.4 Å². The van der Waals surface area contributed by atoms with Crippen molar-refractivity contribution in [3.8, 4) is 5.75 Å². The Kier molecular flexibility index (Phi) is 4.96. The lowest BCUT2D eigenvalue weighted by Crippen LogP contribution is -2.51. The van der Waals surface area contributed by atoms with Crippen LogP contribution in [0.25, 0.3) is 0 Å². The largest absolute Gasteiger partial charge is 0.490 e. The maximum absolute atomic E-state index is 12.3. The number of primary amides is 1. The maximum Gasteiger partial charge on any atom is 0.249 e. The SMILES string of the molecule is CCCC(C)Oc1cccc(C(N)=O)c1C1C2CC3CC1CC(CO)(C3)C2. The van der Waals surface area contributed by atoms with Crippen LogP contribution in [0.4, 0.5) is 0 Å². The molecule has 0 saturated heterocycles. The first-order chi connectivity index (χ1) is 13.0. The molecule has 3 unspecified atom stereocenters. The fraction of sp³-hybridized carbons (Fsp3) is 0.696. The van der Waals surface area contributed by atoms with Crippen molar-refractivity contribution in [1.29, 1.82) is 0 Å². The smallest absolute Gasteiger partial charge is 0.249 e. The first kappa shape index (κ1) is 18.8. The molecule has 4 aliphatic rings. The third-order valence-electron chi connectivity index (χ3n) is 7.42. The Labute approximate surface area is 162 Å². The van der Waals surface area contributed by atoms with Gasteiger partial charge in [-0.3, -0.25) is 4.79 Å². The molecule has 3 atom stereocenters. The molecule has 1 aromatic carbocycles. The highest BCUT2D eigenvalue weighted by Gasteiger charge is 2.56. The Morgan fingerprint density at radius 2 is 2.00 bits per heavy atom. The van der Waals surface area contributed by atoms with Gasteiger partial charge in [0.05, 0.1) is 6.10 Å². The van der Waals surface area contributed by atoms with Crippen LogP contribution in [0.5, 0.6) is 5.75 Å². The molecule has 148 valence electrons. The second-order valence-corrected chi connectivity index (χ2v) is 9.45. The Bertz CT molecular complexity index is 700. The van der Waals surface area contributed by atoms with Crippen molar-refractivity contribution in [2.45, 2.75) is 70.8 Å². The first-order valence-electron chi connectivity index (χ1n) is 10.7. The molecular formula is C23H33NO3. The molecule has 5 rings (SSSR count). The van der Waals surface area contributed by atoms with Crippen LogP contribution in [0.15, 0.2) is 18.2 Å². The normalized spacial score (nSPS) is 35.2. The summed E-state index contributed by atoms with van der Waals surface area (Å²) >= 11 is 0. The minimum absolute atomic E-state index is 0.116. The summed E-state index contributed by atoms with van der Waals surface area (Å²) < 4.78 is 6.33. The summed E-state index contributed by atoms with van der Waals surface area (Å²) in [6.45, 7) is 4.56. The van der Waals surface area contributed by atoms with Gasteiger partial charge in [-0.2, -0.15) is 0 Å². The molecule has 4 bridgehead atoms. The predicted molar refractivity (Wildman–Crippen MR) is 106 cm³/mol. The predicted octanol–water partition coefficient (Wildman–Crippen LogP) is 4.26. The van der Waals surface area contributed by atoms with Crippen LogP contribution in [-0.2, 0) is 0 Å². The fourth-order valence-corrected chi connectivity index (χ4v) is 6.75. The van der Waals surface area contributed by atoms with E-state index in [0.29, 0.717) is 29.9 Å². The highest BCUT2D eigenvalue weighted by Crippen LogP contribution is 2.65. The third kappa shape index (κ3) is 3.26. The number of hydrogen-bond acceptors (Lipinski definition) is 3. The van der Waals surface area contributed by atoms with Crippen LogP contribution < -0.4 is 10.5 Å². The molecule has 0 spiro atoms. The molecule has 0 radical (unpaired) electrons. The van der Waals surface area contributed by atoms with E-state index in [0.717, 1.165) is 42.9 Å². The van der Waals surface area contributed by atoms with Gasteiger partial charge < -0.3 is 15.6 Å². The van der Waals surface area contributed by atoms with Crippen LogP contribution >= 0.6 is 0 Å². The molecule has 4 saturated carbocycles. The first-order valence-corrected chi connectivity index (χ1v) is 10.7. The summed E-state index contributed by atoms with van der Waals surface area (Å²) in [5.74, 6) is 2.59. The van der Waals surface area contributed by atoms with E-state index in [1.165, 1.54) is 19.3 Å². The van der Waals surface area contributed by atoms with Crippen molar-refractivity contribution >= 4 is 5.91 Å². The van der Waals surface area contributed by atoms with Gasteiger partial charge in [-0.25, -0.2) is 0 Å². The summed E-state index contributed by atoms with van der Waals surface area (Å²) in [4.78, 5) is 12.3. The second kappa shape index (κ2) is 7.12. The zero-order valence-electron chi connectivity index (χ0n) is 16.6. The summed E-state index contributed by atoms with van der Waals surface area (Å²) in [6.07, 6.45) is 7.92. The number of aliphatic hydroxyl groups excluding tert-OH is 1. The van der Waals surface area contributed by atoms with Gasteiger partial charge in [-0.05, 0) is 86.7 Å². The number of carbonyl (C=O) groups excluding carboxylic acids is 1. The van der Waals surface area contributed by atoms with E-state index in [4.69, 9.17) is 10.5 Å². The monoisotopic (exact) mass is 371 g/mol. The molecule has 0 aromatic heterocycles. The minimum Gasteiger partial charge on any atom is -0.490 e. The molecule has 4 heteroatoms. The van der Waals surface area contributed by atoms with Gasteiger partial charge in [0.25, 0.3) is 0 Å². The molecule has 4 nitrogen and oxygen atoms in total. The number of carbonyl (C=O) groups is 1. The van der Waals surface area contributed by atoms with Gasteiger partial charge in [-0.15, -0.1) is 0 Å². The Morgan fingerprint density at radius 3 is 2.59 bits per heavy atom.